The SMILES string of the molecule is COc1cc(OC2CCc3c(-c4cccc(NC(=O)c5nc6c(n5C)CCN(C)C6)c4Cl)cccc32)c(Cl)cc1CNCC1CCC(=O)N1. The van der Waals surface area contributed by atoms with Crippen LogP contribution in [0.3, 0.4) is 0 Å². The molecule has 1 fully saturated rings. The number of fused-ring (bicyclic) bond motifs is 2. The molecule has 0 saturated carbocycles. The molecule has 2 atom stereocenters. The number of nitrogens with zero attached hydrogens (tertiary/aromatic N) is 3. The number of rotatable bonds is 10. The molecule has 3 aliphatic rings. The highest BCUT2D eigenvalue weighted by molar-refractivity contribution is 6.36. The lowest BCUT2D eigenvalue weighted by Gasteiger charge is -2.21. The number of carbonyl (C=O) groups excluding carboxylic acids is 2. The minimum Gasteiger partial charge on any atom is -0.496 e. The van der Waals surface area contributed by atoms with Gasteiger partial charge < -0.3 is 34.9 Å². The van der Waals surface area contributed by atoms with Crippen molar-refractivity contribution in [2.24, 2.45) is 7.05 Å². The summed E-state index contributed by atoms with van der Waals surface area (Å²) in [5, 5.41) is 10.4. The van der Waals surface area contributed by atoms with Crippen molar-refractivity contribution >= 4 is 40.7 Å². The maximum absolute atomic E-state index is 13.4. The van der Waals surface area contributed by atoms with E-state index in [-0.39, 0.29) is 24.0 Å². The molecule has 2 amide bonds. The zero-order valence-electron chi connectivity index (χ0n) is 27.9. The topological polar surface area (TPSA) is 110 Å². The first kappa shape index (κ1) is 33.4. The third-order valence-corrected chi connectivity index (χ3v) is 10.5. The van der Waals surface area contributed by atoms with Crippen LogP contribution >= 0.6 is 23.2 Å². The number of hydrogen-bond donors (Lipinski definition) is 3. The van der Waals surface area contributed by atoms with E-state index in [2.05, 4.69) is 45.0 Å². The fourth-order valence-electron chi connectivity index (χ4n) is 7.23. The second-order valence-corrected chi connectivity index (χ2v) is 13.8. The number of ether oxygens (including phenoxy) is 2. The molecule has 0 bridgehead atoms. The van der Waals surface area contributed by atoms with Gasteiger partial charge in [-0.3, -0.25) is 9.59 Å². The summed E-state index contributed by atoms with van der Waals surface area (Å²) in [4.78, 5) is 31.8. The largest absolute Gasteiger partial charge is 0.496 e. The average Bonchev–Trinajstić information content (AvgIpc) is 3.79. The molecule has 7 rings (SSSR count). The Balaban J connectivity index is 1.07. The van der Waals surface area contributed by atoms with Gasteiger partial charge >= 0.3 is 0 Å². The third kappa shape index (κ3) is 6.75. The van der Waals surface area contributed by atoms with Gasteiger partial charge in [0.15, 0.2) is 5.82 Å². The number of imidazole rings is 1. The molecule has 1 saturated heterocycles. The lowest BCUT2D eigenvalue weighted by atomic mass is 9.96. The van der Waals surface area contributed by atoms with Crippen LogP contribution in [0.5, 0.6) is 11.5 Å². The molecule has 1 aromatic heterocycles. The highest BCUT2D eigenvalue weighted by atomic mass is 35.5. The van der Waals surface area contributed by atoms with Crippen LogP contribution in [0.2, 0.25) is 10.0 Å². The molecule has 2 unspecified atom stereocenters. The van der Waals surface area contributed by atoms with E-state index in [4.69, 9.17) is 32.7 Å². The van der Waals surface area contributed by atoms with Crippen molar-refractivity contribution in [3.63, 3.8) is 0 Å². The second kappa shape index (κ2) is 14.0. The Kier molecular flexibility index (Phi) is 9.57. The van der Waals surface area contributed by atoms with Crippen LogP contribution in [-0.2, 0) is 37.8 Å². The minimum atomic E-state index is -0.290. The molecule has 4 aromatic rings. The van der Waals surface area contributed by atoms with Crippen molar-refractivity contribution in [2.45, 2.75) is 57.3 Å². The molecule has 3 heterocycles. The summed E-state index contributed by atoms with van der Waals surface area (Å²) in [6.45, 7) is 2.88. The highest BCUT2D eigenvalue weighted by Gasteiger charge is 2.29. The van der Waals surface area contributed by atoms with Gasteiger partial charge in [0.05, 0.1) is 28.5 Å². The molecule has 0 radical (unpaired) electrons. The van der Waals surface area contributed by atoms with E-state index in [1.165, 1.54) is 0 Å². The van der Waals surface area contributed by atoms with Crippen LogP contribution in [0.4, 0.5) is 5.69 Å². The fraction of sp³-hybridized carbons (Fsp3) is 0.378. The molecule has 1 aliphatic carbocycles. The number of methoxy groups -OCH3 is 1. The summed E-state index contributed by atoms with van der Waals surface area (Å²) in [5.74, 6) is 1.42. The quantitative estimate of drug-likeness (QED) is 0.184. The number of aromatic nitrogens is 2. The zero-order valence-corrected chi connectivity index (χ0v) is 29.4. The second-order valence-electron chi connectivity index (χ2n) is 13.0. The maximum atomic E-state index is 13.4. The number of anilines is 1. The fourth-order valence-corrected chi connectivity index (χ4v) is 7.73. The number of amides is 2. The van der Waals surface area contributed by atoms with Gasteiger partial charge in [-0.2, -0.15) is 0 Å². The number of hydrogen-bond acceptors (Lipinski definition) is 7. The lowest BCUT2D eigenvalue weighted by Crippen LogP contribution is -2.35. The van der Waals surface area contributed by atoms with E-state index >= 15 is 0 Å². The molecule has 2 aliphatic heterocycles. The molecule has 10 nitrogen and oxygen atoms in total. The van der Waals surface area contributed by atoms with Crippen LogP contribution in [0.1, 0.15) is 64.1 Å². The van der Waals surface area contributed by atoms with Crippen molar-refractivity contribution in [3.05, 3.63) is 92.5 Å². The molecule has 256 valence electrons. The normalized spacial score (nSPS) is 18.6. The van der Waals surface area contributed by atoms with Crippen LogP contribution in [0, 0.1) is 0 Å². The van der Waals surface area contributed by atoms with Crippen molar-refractivity contribution in [2.75, 3.05) is 32.6 Å². The van der Waals surface area contributed by atoms with Crippen LogP contribution in [0.15, 0.2) is 48.5 Å². The summed E-state index contributed by atoms with van der Waals surface area (Å²) < 4.78 is 14.1. The summed E-state index contributed by atoms with van der Waals surface area (Å²) in [7, 11) is 5.59. The minimum absolute atomic E-state index is 0.0994. The van der Waals surface area contributed by atoms with Gasteiger partial charge in [0.1, 0.15) is 17.6 Å². The van der Waals surface area contributed by atoms with Gasteiger partial charge in [-0.15, -0.1) is 0 Å². The van der Waals surface area contributed by atoms with Crippen molar-refractivity contribution in [1.29, 1.82) is 0 Å². The maximum Gasteiger partial charge on any atom is 0.291 e. The van der Waals surface area contributed by atoms with Gasteiger partial charge in [0.25, 0.3) is 5.91 Å². The van der Waals surface area contributed by atoms with E-state index in [1.807, 2.05) is 48.0 Å². The van der Waals surface area contributed by atoms with E-state index in [9.17, 15) is 9.59 Å². The zero-order chi connectivity index (χ0) is 34.2. The highest BCUT2D eigenvalue weighted by Crippen LogP contribution is 2.45. The van der Waals surface area contributed by atoms with Crippen molar-refractivity contribution in [3.8, 4) is 22.6 Å². The van der Waals surface area contributed by atoms with Gasteiger partial charge in [0.2, 0.25) is 5.91 Å². The van der Waals surface area contributed by atoms with Gasteiger partial charge in [-0.05, 0) is 55.1 Å². The predicted octanol–water partition coefficient (Wildman–Crippen LogP) is 6.08. The summed E-state index contributed by atoms with van der Waals surface area (Å²) in [6, 6.07) is 15.7. The Morgan fingerprint density at radius 2 is 1.86 bits per heavy atom. The predicted molar refractivity (Wildman–Crippen MR) is 191 cm³/mol. The summed E-state index contributed by atoms with van der Waals surface area (Å²) in [5.41, 5.74) is 7.56. The van der Waals surface area contributed by atoms with Gasteiger partial charge in [0, 0.05) is 75.0 Å². The third-order valence-electron chi connectivity index (χ3n) is 9.80. The first-order valence-corrected chi connectivity index (χ1v) is 17.4. The van der Waals surface area contributed by atoms with Crippen molar-refractivity contribution in [1.82, 2.24) is 25.1 Å². The first-order chi connectivity index (χ1) is 23.7. The van der Waals surface area contributed by atoms with Crippen LogP contribution in [0.25, 0.3) is 11.1 Å². The number of benzene rings is 3. The standard InChI is InChI=1S/C37H40Cl2N6O4/c1-44-15-14-30-29(20-44)42-36(45(30)2)37(47)43-28-9-5-8-26(35(28)39)23-6-4-7-25-24(23)11-12-31(25)49-33-17-32(48-3)21(16-27(33)38)18-40-19-22-10-13-34(46)41-22/h4-9,16-17,22,31,40H,10-15,18-20H2,1-3H3,(H,41,46)(H,43,47). The number of halogens is 2. The molecular weight excluding hydrogens is 663 g/mol. The number of likely N-dealkylation sites (N-methyl/N-ethyl adjacent to an activating group) is 1. The Hall–Kier alpha value is -4.09. The molecule has 3 N–H and O–H groups in total. The Morgan fingerprint density at radius 3 is 2.65 bits per heavy atom. The van der Waals surface area contributed by atoms with Crippen molar-refractivity contribution < 1.29 is 19.1 Å². The molecule has 0 spiro atoms. The molecular formula is C37H40Cl2N6O4. The molecule has 3 aromatic carbocycles. The Bertz CT molecular complexity index is 1930. The van der Waals surface area contributed by atoms with E-state index in [0.29, 0.717) is 52.6 Å². The molecule has 12 heteroatoms. The van der Waals surface area contributed by atoms with E-state index < -0.39 is 0 Å². The number of nitrogens with one attached hydrogen (secondary N) is 3. The van der Waals surface area contributed by atoms with Crippen LogP contribution in [-0.4, -0.2) is 59.6 Å². The van der Waals surface area contributed by atoms with E-state index in [1.54, 1.807) is 7.11 Å². The summed E-state index contributed by atoms with van der Waals surface area (Å²) in [6.07, 6.45) is 3.63. The Labute approximate surface area is 296 Å². The lowest BCUT2D eigenvalue weighted by molar-refractivity contribution is -0.119. The first-order valence-electron chi connectivity index (χ1n) is 16.7. The van der Waals surface area contributed by atoms with Gasteiger partial charge in [-0.25, -0.2) is 4.98 Å². The summed E-state index contributed by atoms with van der Waals surface area (Å²) >= 11 is 13.8. The average molecular weight is 704 g/mol. The molecule has 49 heavy (non-hydrogen) atoms. The van der Waals surface area contributed by atoms with Crippen LogP contribution < -0.4 is 25.4 Å². The smallest absolute Gasteiger partial charge is 0.291 e. The number of carbonyl (C=O) groups is 2. The van der Waals surface area contributed by atoms with E-state index in [0.717, 1.165) is 78.0 Å². The van der Waals surface area contributed by atoms with Gasteiger partial charge in [-0.1, -0.05) is 53.5 Å². The monoisotopic (exact) mass is 702 g/mol. The Morgan fingerprint density at radius 1 is 1.04 bits per heavy atom.